The highest BCUT2D eigenvalue weighted by Crippen LogP contribution is 2.17. The first-order chi connectivity index (χ1) is 13.7. The van der Waals surface area contributed by atoms with Gasteiger partial charge in [-0.2, -0.15) is 0 Å². The van der Waals surface area contributed by atoms with Gasteiger partial charge in [-0.05, 0) is 42.8 Å². The number of ether oxygens (including phenoxy) is 2. The molecule has 1 saturated heterocycles. The van der Waals surface area contributed by atoms with Crippen LogP contribution >= 0.6 is 0 Å². The molecule has 1 aliphatic rings. The van der Waals surface area contributed by atoms with Gasteiger partial charge < -0.3 is 19.3 Å². The van der Waals surface area contributed by atoms with Crippen molar-refractivity contribution in [1.29, 1.82) is 0 Å². The maximum Gasteiger partial charge on any atom is 0.253 e. The fraction of sp³-hybridized carbons (Fsp3) is 0.364. The molecule has 0 aromatic heterocycles. The minimum atomic E-state index is 0.0283. The lowest BCUT2D eigenvalue weighted by molar-refractivity contribution is -0.132. The minimum Gasteiger partial charge on any atom is -0.497 e. The lowest BCUT2D eigenvalue weighted by Crippen LogP contribution is -2.50. The number of amides is 2. The van der Waals surface area contributed by atoms with Crippen molar-refractivity contribution in [3.05, 3.63) is 60.2 Å². The second kappa shape index (κ2) is 9.78. The van der Waals surface area contributed by atoms with Gasteiger partial charge in [0.25, 0.3) is 5.91 Å². The van der Waals surface area contributed by atoms with Gasteiger partial charge >= 0.3 is 0 Å². The van der Waals surface area contributed by atoms with Crippen molar-refractivity contribution < 1.29 is 19.1 Å². The molecule has 2 amide bonds. The average molecular weight is 382 g/mol. The van der Waals surface area contributed by atoms with E-state index < -0.39 is 0 Å². The summed E-state index contributed by atoms with van der Waals surface area (Å²) in [5.41, 5.74) is 0.693. The number of carbonyl (C=O) groups is 2. The molecule has 2 aromatic carbocycles. The summed E-state index contributed by atoms with van der Waals surface area (Å²) >= 11 is 0. The van der Waals surface area contributed by atoms with Crippen LogP contribution in [-0.2, 0) is 4.79 Å². The summed E-state index contributed by atoms with van der Waals surface area (Å²) in [5, 5.41) is 0. The van der Waals surface area contributed by atoms with E-state index in [-0.39, 0.29) is 11.8 Å². The molecule has 148 valence electrons. The summed E-state index contributed by atoms with van der Waals surface area (Å²) in [6.45, 7) is 2.79. The first kappa shape index (κ1) is 19.7. The van der Waals surface area contributed by atoms with Crippen LogP contribution in [-0.4, -0.2) is 61.5 Å². The van der Waals surface area contributed by atoms with E-state index in [0.717, 1.165) is 11.5 Å². The molecule has 1 aliphatic heterocycles. The molecule has 1 fully saturated rings. The number of methoxy groups -OCH3 is 1. The lowest BCUT2D eigenvalue weighted by Gasteiger charge is -2.35. The van der Waals surface area contributed by atoms with Gasteiger partial charge in [0, 0.05) is 38.2 Å². The summed E-state index contributed by atoms with van der Waals surface area (Å²) in [4.78, 5) is 28.5. The Morgan fingerprint density at radius 1 is 0.857 bits per heavy atom. The predicted molar refractivity (Wildman–Crippen MR) is 107 cm³/mol. The zero-order valence-corrected chi connectivity index (χ0v) is 16.2. The Labute approximate surface area is 165 Å². The van der Waals surface area contributed by atoms with Crippen molar-refractivity contribution in [1.82, 2.24) is 9.80 Å². The van der Waals surface area contributed by atoms with E-state index in [9.17, 15) is 9.59 Å². The van der Waals surface area contributed by atoms with E-state index in [1.165, 1.54) is 0 Å². The van der Waals surface area contributed by atoms with Crippen LogP contribution in [0.3, 0.4) is 0 Å². The van der Waals surface area contributed by atoms with Crippen LogP contribution in [0, 0.1) is 0 Å². The first-order valence-electron chi connectivity index (χ1n) is 9.56. The van der Waals surface area contributed by atoms with Crippen LogP contribution < -0.4 is 9.47 Å². The number of rotatable bonds is 7. The number of carbonyl (C=O) groups excluding carboxylic acids is 2. The molecular weight excluding hydrogens is 356 g/mol. The number of hydrogen-bond acceptors (Lipinski definition) is 4. The fourth-order valence-electron chi connectivity index (χ4n) is 3.17. The summed E-state index contributed by atoms with van der Waals surface area (Å²) in [5.74, 6) is 1.69. The van der Waals surface area contributed by atoms with Crippen LogP contribution in [0.4, 0.5) is 0 Å². The molecule has 0 radical (unpaired) electrons. The standard InChI is InChI=1S/C22H26N2O4/c1-27-19-9-11-20(12-10-19)28-17-5-8-21(25)23-13-15-24(16-14-23)22(26)18-6-3-2-4-7-18/h2-4,6-7,9-12H,5,8,13-17H2,1H3. The molecule has 0 aliphatic carbocycles. The van der Waals surface area contributed by atoms with Gasteiger partial charge in [0.05, 0.1) is 13.7 Å². The zero-order valence-electron chi connectivity index (χ0n) is 16.2. The number of piperazine rings is 1. The molecule has 1 heterocycles. The molecule has 0 atom stereocenters. The van der Waals surface area contributed by atoms with E-state index in [1.54, 1.807) is 7.11 Å². The maximum absolute atomic E-state index is 12.5. The SMILES string of the molecule is COc1ccc(OCCCC(=O)N2CCN(C(=O)c3ccccc3)CC2)cc1. The number of nitrogens with zero attached hydrogens (tertiary/aromatic N) is 2. The van der Waals surface area contributed by atoms with Crippen molar-refractivity contribution in [3.8, 4) is 11.5 Å². The van der Waals surface area contributed by atoms with E-state index >= 15 is 0 Å². The summed E-state index contributed by atoms with van der Waals surface area (Å²) in [7, 11) is 1.62. The monoisotopic (exact) mass is 382 g/mol. The molecule has 0 saturated carbocycles. The van der Waals surface area contributed by atoms with E-state index in [0.29, 0.717) is 51.2 Å². The van der Waals surface area contributed by atoms with Gasteiger partial charge in [-0.3, -0.25) is 9.59 Å². The normalized spacial score (nSPS) is 13.9. The average Bonchev–Trinajstić information content (AvgIpc) is 2.77. The van der Waals surface area contributed by atoms with Crippen LogP contribution in [0.5, 0.6) is 11.5 Å². The van der Waals surface area contributed by atoms with Crippen molar-refractivity contribution in [2.75, 3.05) is 39.9 Å². The molecule has 0 bridgehead atoms. The fourth-order valence-corrected chi connectivity index (χ4v) is 3.17. The Bertz CT molecular complexity index is 769. The first-order valence-corrected chi connectivity index (χ1v) is 9.56. The third-order valence-corrected chi connectivity index (χ3v) is 4.80. The second-order valence-electron chi connectivity index (χ2n) is 6.67. The molecule has 28 heavy (non-hydrogen) atoms. The predicted octanol–water partition coefficient (Wildman–Crippen LogP) is 2.84. The van der Waals surface area contributed by atoms with Gasteiger partial charge in [0.2, 0.25) is 5.91 Å². The summed E-state index contributed by atoms with van der Waals surface area (Å²) in [6, 6.07) is 16.7. The van der Waals surface area contributed by atoms with Gasteiger partial charge in [-0.1, -0.05) is 18.2 Å². The van der Waals surface area contributed by atoms with Gasteiger partial charge in [0.15, 0.2) is 0 Å². The Morgan fingerprint density at radius 3 is 2.11 bits per heavy atom. The van der Waals surface area contributed by atoms with Crippen LogP contribution in [0.2, 0.25) is 0 Å². The second-order valence-corrected chi connectivity index (χ2v) is 6.67. The van der Waals surface area contributed by atoms with E-state index in [1.807, 2.05) is 64.4 Å². The molecule has 0 unspecified atom stereocenters. The largest absolute Gasteiger partial charge is 0.497 e. The molecule has 0 spiro atoms. The lowest BCUT2D eigenvalue weighted by atomic mass is 10.1. The van der Waals surface area contributed by atoms with Crippen LogP contribution in [0.1, 0.15) is 23.2 Å². The van der Waals surface area contributed by atoms with Crippen molar-refractivity contribution in [2.45, 2.75) is 12.8 Å². The van der Waals surface area contributed by atoms with Crippen molar-refractivity contribution in [3.63, 3.8) is 0 Å². The third-order valence-electron chi connectivity index (χ3n) is 4.80. The highest BCUT2D eigenvalue weighted by atomic mass is 16.5. The van der Waals surface area contributed by atoms with E-state index in [2.05, 4.69) is 0 Å². The Kier molecular flexibility index (Phi) is 6.89. The molecule has 0 N–H and O–H groups in total. The minimum absolute atomic E-state index is 0.0283. The van der Waals surface area contributed by atoms with Gasteiger partial charge in [-0.25, -0.2) is 0 Å². The van der Waals surface area contributed by atoms with Crippen molar-refractivity contribution in [2.24, 2.45) is 0 Å². The highest BCUT2D eigenvalue weighted by Gasteiger charge is 2.24. The Balaban J connectivity index is 1.36. The molecular formula is C22H26N2O4. The van der Waals surface area contributed by atoms with Gasteiger partial charge in [0.1, 0.15) is 11.5 Å². The molecule has 2 aromatic rings. The maximum atomic E-state index is 12.5. The summed E-state index contributed by atoms with van der Waals surface area (Å²) < 4.78 is 10.8. The highest BCUT2D eigenvalue weighted by molar-refractivity contribution is 5.94. The molecule has 6 heteroatoms. The Morgan fingerprint density at radius 2 is 1.46 bits per heavy atom. The number of hydrogen-bond donors (Lipinski definition) is 0. The van der Waals surface area contributed by atoms with Crippen molar-refractivity contribution >= 4 is 11.8 Å². The van der Waals surface area contributed by atoms with Crippen LogP contribution in [0.15, 0.2) is 54.6 Å². The molecule has 3 rings (SSSR count). The summed E-state index contributed by atoms with van der Waals surface area (Å²) in [6.07, 6.45) is 1.11. The zero-order chi connectivity index (χ0) is 19.8. The smallest absolute Gasteiger partial charge is 0.253 e. The Hall–Kier alpha value is -3.02. The quantitative estimate of drug-likeness (QED) is 0.691. The van der Waals surface area contributed by atoms with E-state index in [4.69, 9.17) is 9.47 Å². The number of benzene rings is 2. The topological polar surface area (TPSA) is 59.1 Å². The third kappa shape index (κ3) is 5.25. The van der Waals surface area contributed by atoms with Gasteiger partial charge in [-0.15, -0.1) is 0 Å². The molecule has 6 nitrogen and oxygen atoms in total. The van der Waals surface area contributed by atoms with Crippen LogP contribution in [0.25, 0.3) is 0 Å².